The summed E-state index contributed by atoms with van der Waals surface area (Å²) >= 11 is 12.4. The van der Waals surface area contributed by atoms with E-state index in [1.807, 2.05) is 24.3 Å². The van der Waals surface area contributed by atoms with Crippen LogP contribution < -0.4 is 10.6 Å². The van der Waals surface area contributed by atoms with Crippen molar-refractivity contribution in [2.75, 3.05) is 18.0 Å². The molecule has 0 bridgehead atoms. The molecule has 2 aromatic carbocycles. The number of nitrogens with two attached hydrogens (primary N) is 1. The summed E-state index contributed by atoms with van der Waals surface area (Å²) in [4.78, 5) is 21.5. The summed E-state index contributed by atoms with van der Waals surface area (Å²) in [7, 11) is 0. The highest BCUT2D eigenvalue weighted by Crippen LogP contribution is 2.42. The van der Waals surface area contributed by atoms with E-state index in [1.54, 1.807) is 11.0 Å². The van der Waals surface area contributed by atoms with Gasteiger partial charge < -0.3 is 15.6 Å². The van der Waals surface area contributed by atoms with E-state index < -0.39 is 23.4 Å². The Labute approximate surface area is 214 Å². The first kappa shape index (κ1) is 27.0. The molecule has 0 radical (unpaired) electrons. The molecule has 1 unspecified atom stereocenters. The van der Waals surface area contributed by atoms with Crippen LogP contribution >= 0.6 is 23.2 Å². The Morgan fingerprint density at radius 1 is 1.23 bits per heavy atom. The average Bonchev–Trinajstić information content (AvgIpc) is 3.23. The summed E-state index contributed by atoms with van der Waals surface area (Å²) in [6.07, 6.45) is 0.478. The van der Waals surface area contributed by atoms with Gasteiger partial charge in [-0.1, -0.05) is 54.4 Å². The van der Waals surface area contributed by atoms with Gasteiger partial charge in [0.2, 0.25) is 5.91 Å². The molecule has 1 atom stereocenters. The van der Waals surface area contributed by atoms with Gasteiger partial charge in [-0.2, -0.15) is 8.42 Å². The van der Waals surface area contributed by atoms with Crippen LogP contribution in [0.15, 0.2) is 30.3 Å². The molecule has 0 aliphatic carbocycles. The largest absolute Gasteiger partial charge is 0.370 e. The molecule has 1 fully saturated rings. The van der Waals surface area contributed by atoms with Crippen LogP contribution in [0, 0.1) is 0 Å². The number of nitrogens with one attached hydrogen (secondary N) is 1. The van der Waals surface area contributed by atoms with Crippen molar-refractivity contribution < 1.29 is 22.0 Å². The number of H-pyrrole nitrogens is 1. The van der Waals surface area contributed by atoms with E-state index in [4.69, 9.17) is 37.4 Å². The number of primary amides is 1. The summed E-state index contributed by atoms with van der Waals surface area (Å²) in [5, 5.41) is 0.668. The van der Waals surface area contributed by atoms with Crippen LogP contribution in [0.1, 0.15) is 49.1 Å². The van der Waals surface area contributed by atoms with Crippen LogP contribution in [0.3, 0.4) is 0 Å². The Morgan fingerprint density at radius 3 is 2.37 bits per heavy atom. The van der Waals surface area contributed by atoms with Crippen molar-refractivity contribution in [2.45, 2.75) is 44.4 Å². The number of fused-ring (bicyclic) bond motifs is 1. The van der Waals surface area contributed by atoms with E-state index in [-0.39, 0.29) is 38.3 Å². The molecule has 1 aromatic heterocycles. The highest BCUT2D eigenvalue weighted by Gasteiger charge is 2.35. The number of alkyl halides is 2. The molecule has 4 rings (SSSR count). The van der Waals surface area contributed by atoms with Crippen LogP contribution in [0.5, 0.6) is 0 Å². The Hall–Kier alpha value is -2.56. The van der Waals surface area contributed by atoms with Gasteiger partial charge in [-0.3, -0.25) is 4.79 Å². The number of aromatic nitrogens is 2. The van der Waals surface area contributed by atoms with Gasteiger partial charge in [0.25, 0.3) is 5.92 Å². The quantitative estimate of drug-likeness (QED) is 0.453. The maximum absolute atomic E-state index is 13.6. The molecule has 3 aromatic rings. The average molecular weight is 545 g/mol. The second-order valence-corrected chi connectivity index (χ2v) is 9.19. The molecule has 1 aliphatic heterocycles. The summed E-state index contributed by atoms with van der Waals surface area (Å²) in [5.41, 5.74) is 9.21. The van der Waals surface area contributed by atoms with Crippen LogP contribution in [-0.4, -0.2) is 43.3 Å². The molecule has 1 aliphatic rings. The van der Waals surface area contributed by atoms with Crippen molar-refractivity contribution in [3.63, 3.8) is 0 Å². The molecule has 1 amide bonds. The molecule has 12 heteroatoms. The van der Waals surface area contributed by atoms with Gasteiger partial charge in [0.15, 0.2) is 0 Å². The molecule has 1 saturated heterocycles. The van der Waals surface area contributed by atoms with E-state index in [0.29, 0.717) is 32.6 Å². The number of hydrogen-bond acceptors (Lipinski definition) is 5. The number of nitrogens with zero attached hydrogens (tertiary/aromatic N) is 2. The second kappa shape index (κ2) is 11.5. The first-order valence-electron chi connectivity index (χ1n) is 10.9. The van der Waals surface area contributed by atoms with Crippen LogP contribution in [0.4, 0.5) is 14.5 Å². The van der Waals surface area contributed by atoms with Crippen molar-refractivity contribution in [3.8, 4) is 0 Å². The lowest BCUT2D eigenvalue weighted by Gasteiger charge is -2.34. The highest BCUT2D eigenvalue weighted by molar-refractivity contribution is 7.51. The zero-order chi connectivity index (χ0) is 25.8. The van der Waals surface area contributed by atoms with Gasteiger partial charge >= 0.3 is 11.6 Å². The summed E-state index contributed by atoms with van der Waals surface area (Å²) in [5.74, 6) is -2.95. The van der Waals surface area contributed by atoms with Gasteiger partial charge in [0.1, 0.15) is 11.3 Å². The lowest BCUT2D eigenvalue weighted by molar-refractivity contribution is -0.118. The molecule has 3 N–H and O–H groups in total. The third-order valence-electron chi connectivity index (χ3n) is 6.00. The number of hydrogen-bond donors (Lipinski definition) is 2. The monoisotopic (exact) mass is 544 g/mol. The van der Waals surface area contributed by atoms with Crippen molar-refractivity contribution in [1.82, 2.24) is 9.97 Å². The third-order valence-corrected chi connectivity index (χ3v) is 6.65. The van der Waals surface area contributed by atoms with E-state index in [0.717, 1.165) is 12.0 Å². The number of halogens is 4. The fraction of sp³-hybridized carbons (Fsp3) is 0.391. The van der Waals surface area contributed by atoms with Gasteiger partial charge in [-0.15, -0.1) is 0 Å². The SMILES string of the molecule is CCc1ccc(C(CC(N)=O)c2nc3c(Cl)c(N4CCC(F)(F)CC4)c(Cl)cc3[nH]2)cc1.O=S=O. The maximum Gasteiger partial charge on any atom is 0.335 e. The van der Waals surface area contributed by atoms with Gasteiger partial charge in [0.05, 0.1) is 27.2 Å². The number of carbonyl (C=O) groups excluding carboxylic acids is 1. The van der Waals surface area contributed by atoms with Crippen molar-refractivity contribution >= 4 is 57.4 Å². The van der Waals surface area contributed by atoms with Crippen molar-refractivity contribution in [2.24, 2.45) is 5.73 Å². The minimum atomic E-state index is -2.67. The Balaban J connectivity index is 0.00000108. The number of rotatable bonds is 6. The fourth-order valence-corrected chi connectivity index (χ4v) is 4.90. The van der Waals surface area contributed by atoms with Gasteiger partial charge in [-0.05, 0) is 23.6 Å². The summed E-state index contributed by atoms with van der Waals surface area (Å²) < 4.78 is 43.8. The van der Waals surface area contributed by atoms with E-state index in [2.05, 4.69) is 16.9 Å². The maximum atomic E-state index is 13.6. The van der Waals surface area contributed by atoms with E-state index in [1.165, 1.54) is 5.56 Å². The molecule has 35 heavy (non-hydrogen) atoms. The number of aryl methyl sites for hydroxylation is 1. The summed E-state index contributed by atoms with van der Waals surface area (Å²) in [6.45, 7) is 2.38. The zero-order valence-electron chi connectivity index (χ0n) is 18.8. The lowest BCUT2D eigenvalue weighted by Crippen LogP contribution is -2.39. The number of anilines is 1. The molecule has 2 heterocycles. The predicted molar refractivity (Wildman–Crippen MR) is 133 cm³/mol. The zero-order valence-corrected chi connectivity index (χ0v) is 21.2. The topological polar surface area (TPSA) is 109 Å². The Kier molecular flexibility index (Phi) is 8.84. The minimum absolute atomic E-state index is 0.0741. The number of benzene rings is 2. The van der Waals surface area contributed by atoms with E-state index >= 15 is 0 Å². The van der Waals surface area contributed by atoms with Crippen LogP contribution in [0.25, 0.3) is 11.0 Å². The smallest absolute Gasteiger partial charge is 0.335 e. The number of amides is 1. The van der Waals surface area contributed by atoms with Gasteiger partial charge in [0, 0.05) is 32.4 Å². The van der Waals surface area contributed by atoms with Crippen molar-refractivity contribution in [3.05, 3.63) is 57.3 Å². The lowest BCUT2D eigenvalue weighted by atomic mass is 9.93. The van der Waals surface area contributed by atoms with Crippen molar-refractivity contribution in [1.29, 1.82) is 0 Å². The molecule has 7 nitrogen and oxygen atoms in total. The third kappa shape index (κ3) is 6.36. The van der Waals surface area contributed by atoms with Gasteiger partial charge in [-0.25, -0.2) is 13.8 Å². The Bertz CT molecular complexity index is 1240. The first-order valence-corrected chi connectivity index (χ1v) is 12.3. The number of piperidine rings is 1. The van der Waals surface area contributed by atoms with Crippen LogP contribution in [-0.2, 0) is 22.8 Å². The first-order chi connectivity index (χ1) is 16.6. The normalized spacial score (nSPS) is 15.9. The highest BCUT2D eigenvalue weighted by atomic mass is 35.5. The molecule has 0 spiro atoms. The van der Waals surface area contributed by atoms with E-state index in [9.17, 15) is 13.6 Å². The standard InChI is InChI=1S/C23H24Cl2F2N4O.O2S/c1-2-13-3-5-14(6-4-13)15(11-18(28)32)22-29-17-12-16(24)21(19(25)20(17)30-22)31-9-7-23(26,27)8-10-31;1-3-2/h3-6,12,15H,2,7-11H2,1H3,(H2,28,32)(H,29,30);. The number of aromatic amines is 1. The minimum Gasteiger partial charge on any atom is -0.370 e. The second-order valence-electron chi connectivity index (χ2n) is 8.27. The number of carbonyl (C=O) groups is 1. The molecular formula is C23H24Cl2F2N4O3S. The summed E-state index contributed by atoms with van der Waals surface area (Å²) in [6, 6.07) is 9.66. The molecular weight excluding hydrogens is 521 g/mol. The molecule has 0 saturated carbocycles. The predicted octanol–water partition coefficient (Wildman–Crippen LogP) is 5.00. The number of imidazole rings is 1. The fourth-order valence-electron chi connectivity index (χ4n) is 4.16. The van der Waals surface area contributed by atoms with Crippen LogP contribution in [0.2, 0.25) is 10.0 Å². The molecule has 188 valence electrons. The Morgan fingerprint density at radius 2 is 1.83 bits per heavy atom.